The minimum atomic E-state index is 0.0955. The van der Waals surface area contributed by atoms with Gasteiger partial charge in [-0.2, -0.15) is 0 Å². The standard InChI is InChI=1S/C15H30N2O/c1-12(2)9-13(3)10-14-15(18-8-6-16-14)5-7-17(4)11-15/h12-14,16H,5-11H2,1-4H3. The summed E-state index contributed by atoms with van der Waals surface area (Å²) in [6.07, 6.45) is 3.77. The van der Waals surface area contributed by atoms with Gasteiger partial charge in [-0.05, 0) is 38.1 Å². The van der Waals surface area contributed by atoms with E-state index in [0.29, 0.717) is 6.04 Å². The van der Waals surface area contributed by atoms with Crippen LogP contribution in [-0.2, 0) is 4.74 Å². The predicted molar refractivity (Wildman–Crippen MR) is 75.8 cm³/mol. The molecular weight excluding hydrogens is 224 g/mol. The van der Waals surface area contributed by atoms with Crippen molar-refractivity contribution in [2.24, 2.45) is 11.8 Å². The molecule has 0 aromatic rings. The van der Waals surface area contributed by atoms with E-state index in [0.717, 1.165) is 31.5 Å². The number of hydrogen-bond acceptors (Lipinski definition) is 3. The highest BCUT2D eigenvalue weighted by molar-refractivity contribution is 5.02. The second-order valence-electron chi connectivity index (χ2n) is 6.88. The number of likely N-dealkylation sites (tertiary alicyclic amines) is 1. The minimum absolute atomic E-state index is 0.0955. The number of ether oxygens (including phenoxy) is 1. The Hall–Kier alpha value is -0.120. The summed E-state index contributed by atoms with van der Waals surface area (Å²) in [5.74, 6) is 1.58. The van der Waals surface area contributed by atoms with Gasteiger partial charge in [0.05, 0.1) is 12.2 Å². The Bertz CT molecular complexity index is 265. The van der Waals surface area contributed by atoms with Gasteiger partial charge in [-0.15, -0.1) is 0 Å². The third-order valence-electron chi connectivity index (χ3n) is 4.48. The van der Waals surface area contributed by atoms with Gasteiger partial charge in [0.2, 0.25) is 0 Å². The van der Waals surface area contributed by atoms with Crippen molar-refractivity contribution in [3.8, 4) is 0 Å². The molecule has 1 N–H and O–H groups in total. The van der Waals surface area contributed by atoms with Gasteiger partial charge < -0.3 is 15.0 Å². The van der Waals surface area contributed by atoms with E-state index in [1.54, 1.807) is 0 Å². The average molecular weight is 254 g/mol. The summed E-state index contributed by atoms with van der Waals surface area (Å²) < 4.78 is 6.21. The first kappa shape index (κ1) is 14.3. The number of rotatable bonds is 4. The first-order valence-corrected chi connectivity index (χ1v) is 7.58. The summed E-state index contributed by atoms with van der Waals surface area (Å²) in [6.45, 7) is 11.2. The molecule has 3 atom stereocenters. The van der Waals surface area contributed by atoms with Crippen LogP contribution in [0.2, 0.25) is 0 Å². The summed E-state index contributed by atoms with van der Waals surface area (Å²) in [4.78, 5) is 2.41. The van der Waals surface area contributed by atoms with Crippen LogP contribution in [0, 0.1) is 11.8 Å². The summed E-state index contributed by atoms with van der Waals surface area (Å²) in [6, 6.07) is 0.546. The van der Waals surface area contributed by atoms with E-state index in [1.807, 2.05) is 0 Å². The fourth-order valence-electron chi connectivity index (χ4n) is 3.77. The maximum atomic E-state index is 6.21. The Kier molecular flexibility index (Phi) is 4.68. The summed E-state index contributed by atoms with van der Waals surface area (Å²) in [5.41, 5.74) is 0.0955. The molecular formula is C15H30N2O. The van der Waals surface area contributed by atoms with Crippen molar-refractivity contribution in [1.29, 1.82) is 0 Å². The molecule has 2 aliphatic heterocycles. The maximum absolute atomic E-state index is 6.21. The summed E-state index contributed by atoms with van der Waals surface area (Å²) in [7, 11) is 2.21. The molecule has 1 spiro atoms. The highest BCUT2D eigenvalue weighted by atomic mass is 16.5. The van der Waals surface area contributed by atoms with Crippen molar-refractivity contribution >= 4 is 0 Å². The zero-order chi connectivity index (χ0) is 13.2. The van der Waals surface area contributed by atoms with Gasteiger partial charge in [0.15, 0.2) is 0 Å². The molecule has 18 heavy (non-hydrogen) atoms. The molecule has 3 unspecified atom stereocenters. The van der Waals surface area contributed by atoms with Gasteiger partial charge in [0, 0.05) is 25.7 Å². The third-order valence-corrected chi connectivity index (χ3v) is 4.48. The van der Waals surface area contributed by atoms with Crippen LogP contribution in [0.1, 0.15) is 40.0 Å². The Labute approximate surface area is 112 Å². The second kappa shape index (κ2) is 5.89. The van der Waals surface area contributed by atoms with Gasteiger partial charge in [0.25, 0.3) is 0 Å². The van der Waals surface area contributed by atoms with Crippen LogP contribution in [0.5, 0.6) is 0 Å². The predicted octanol–water partition coefficient (Wildman–Crippen LogP) is 2.12. The van der Waals surface area contributed by atoms with Gasteiger partial charge in [-0.3, -0.25) is 0 Å². The third kappa shape index (κ3) is 3.25. The second-order valence-corrected chi connectivity index (χ2v) is 6.88. The molecule has 3 nitrogen and oxygen atoms in total. The van der Waals surface area contributed by atoms with Crippen LogP contribution in [-0.4, -0.2) is 49.8 Å². The van der Waals surface area contributed by atoms with Crippen molar-refractivity contribution in [2.45, 2.75) is 51.7 Å². The molecule has 0 saturated carbocycles. The number of nitrogens with one attached hydrogen (secondary N) is 1. The topological polar surface area (TPSA) is 24.5 Å². The van der Waals surface area contributed by atoms with Crippen LogP contribution in [0.3, 0.4) is 0 Å². The smallest absolute Gasteiger partial charge is 0.0973 e. The lowest BCUT2D eigenvalue weighted by Crippen LogP contribution is -2.59. The first-order valence-electron chi connectivity index (χ1n) is 7.58. The molecule has 0 aliphatic carbocycles. The maximum Gasteiger partial charge on any atom is 0.0973 e. The lowest BCUT2D eigenvalue weighted by Gasteiger charge is -2.43. The van der Waals surface area contributed by atoms with Gasteiger partial charge in [-0.1, -0.05) is 20.8 Å². The molecule has 0 aromatic heterocycles. The highest BCUT2D eigenvalue weighted by Gasteiger charge is 2.46. The van der Waals surface area contributed by atoms with Crippen LogP contribution < -0.4 is 5.32 Å². The van der Waals surface area contributed by atoms with Crippen LogP contribution >= 0.6 is 0 Å². The average Bonchev–Trinajstić information content (AvgIpc) is 2.63. The largest absolute Gasteiger partial charge is 0.371 e. The quantitative estimate of drug-likeness (QED) is 0.832. The fourth-order valence-corrected chi connectivity index (χ4v) is 3.77. The fraction of sp³-hybridized carbons (Fsp3) is 1.00. The molecule has 2 aliphatic rings. The number of likely N-dealkylation sites (N-methyl/N-ethyl adjacent to an activating group) is 1. The Morgan fingerprint density at radius 3 is 2.78 bits per heavy atom. The monoisotopic (exact) mass is 254 g/mol. The first-order chi connectivity index (χ1) is 8.52. The van der Waals surface area contributed by atoms with Crippen molar-refractivity contribution in [3.63, 3.8) is 0 Å². The summed E-state index contributed by atoms with van der Waals surface area (Å²) in [5, 5.41) is 3.72. The Morgan fingerprint density at radius 2 is 2.17 bits per heavy atom. The SMILES string of the molecule is CC(C)CC(C)CC1NCCOC12CCN(C)C2. The van der Waals surface area contributed by atoms with Crippen LogP contribution in [0.4, 0.5) is 0 Å². The molecule has 0 aromatic carbocycles. The Morgan fingerprint density at radius 1 is 1.39 bits per heavy atom. The molecule has 0 bridgehead atoms. The molecule has 2 saturated heterocycles. The minimum Gasteiger partial charge on any atom is -0.371 e. The van der Waals surface area contributed by atoms with Crippen molar-refractivity contribution in [1.82, 2.24) is 10.2 Å². The van der Waals surface area contributed by atoms with E-state index in [-0.39, 0.29) is 5.60 Å². The van der Waals surface area contributed by atoms with E-state index >= 15 is 0 Å². The molecule has 2 heterocycles. The molecule has 2 rings (SSSR count). The van der Waals surface area contributed by atoms with Gasteiger partial charge in [-0.25, -0.2) is 0 Å². The number of hydrogen-bond donors (Lipinski definition) is 1. The van der Waals surface area contributed by atoms with E-state index in [9.17, 15) is 0 Å². The molecule has 2 fully saturated rings. The highest BCUT2D eigenvalue weighted by Crippen LogP contribution is 2.34. The zero-order valence-electron chi connectivity index (χ0n) is 12.5. The van der Waals surface area contributed by atoms with Gasteiger partial charge >= 0.3 is 0 Å². The molecule has 0 amide bonds. The van der Waals surface area contributed by atoms with E-state index in [4.69, 9.17) is 4.74 Å². The van der Waals surface area contributed by atoms with Crippen LogP contribution in [0.25, 0.3) is 0 Å². The number of morpholine rings is 1. The van der Waals surface area contributed by atoms with E-state index in [1.165, 1.54) is 25.8 Å². The lowest BCUT2D eigenvalue weighted by molar-refractivity contribution is -0.0924. The van der Waals surface area contributed by atoms with Crippen molar-refractivity contribution in [2.75, 3.05) is 33.3 Å². The van der Waals surface area contributed by atoms with Crippen molar-refractivity contribution in [3.05, 3.63) is 0 Å². The Balaban J connectivity index is 1.96. The van der Waals surface area contributed by atoms with Crippen LogP contribution in [0.15, 0.2) is 0 Å². The van der Waals surface area contributed by atoms with Gasteiger partial charge in [0.1, 0.15) is 0 Å². The summed E-state index contributed by atoms with van der Waals surface area (Å²) >= 11 is 0. The molecule has 0 radical (unpaired) electrons. The molecule has 3 heteroatoms. The molecule has 106 valence electrons. The zero-order valence-corrected chi connectivity index (χ0v) is 12.5. The van der Waals surface area contributed by atoms with E-state index in [2.05, 4.69) is 38.0 Å². The number of nitrogens with zero attached hydrogens (tertiary/aromatic N) is 1. The normalized spacial score (nSPS) is 35.5. The van der Waals surface area contributed by atoms with Crippen molar-refractivity contribution < 1.29 is 4.74 Å². The van der Waals surface area contributed by atoms with E-state index < -0.39 is 0 Å². The lowest BCUT2D eigenvalue weighted by atomic mass is 9.83.